The van der Waals surface area contributed by atoms with Crippen molar-refractivity contribution in [3.63, 3.8) is 0 Å². The first-order valence-electron chi connectivity index (χ1n) is 14.2. The van der Waals surface area contributed by atoms with Crippen molar-refractivity contribution >= 4 is 19.8 Å². The average Bonchev–Trinajstić information content (AvgIpc) is 2.81. The maximum Gasteiger partial charge on any atom is 0.472 e. The SMILES string of the molecule is [2H]C([2H])(OC(=O)CCCCCCCCCCCCCCCC)[C@@H](O)C([2H])([2H])OP(=O)(O)OC[C@H](N)C(=O)O. The summed E-state index contributed by atoms with van der Waals surface area (Å²) < 4.78 is 55.4. The van der Waals surface area contributed by atoms with Gasteiger partial charge in [-0.2, -0.15) is 0 Å². The number of carboxylic acids is 1. The van der Waals surface area contributed by atoms with Crippen LogP contribution in [0.4, 0.5) is 0 Å². The summed E-state index contributed by atoms with van der Waals surface area (Å²) in [5, 5.41) is 18.7. The van der Waals surface area contributed by atoms with Crippen molar-refractivity contribution in [2.24, 2.45) is 5.73 Å². The topological polar surface area (TPSA) is 166 Å². The smallest absolute Gasteiger partial charge is 0.472 e. The van der Waals surface area contributed by atoms with Crippen LogP contribution in [0.2, 0.25) is 0 Å². The van der Waals surface area contributed by atoms with Crippen LogP contribution in [-0.2, 0) is 27.9 Å². The number of aliphatic carboxylic acids is 1. The van der Waals surface area contributed by atoms with Crippen LogP contribution in [0, 0.1) is 0 Å². The monoisotopic (exact) mass is 515 g/mol. The summed E-state index contributed by atoms with van der Waals surface area (Å²) >= 11 is 0. The van der Waals surface area contributed by atoms with Crippen molar-refractivity contribution in [2.45, 2.75) is 115 Å². The Balaban J connectivity index is 4.20. The van der Waals surface area contributed by atoms with Gasteiger partial charge in [0.2, 0.25) is 0 Å². The highest BCUT2D eigenvalue weighted by Crippen LogP contribution is 2.43. The third kappa shape index (κ3) is 21.5. The van der Waals surface area contributed by atoms with E-state index in [4.69, 9.17) is 16.3 Å². The Hall–Kier alpha value is -1.03. The molecular weight excluding hydrogens is 465 g/mol. The normalized spacial score (nSPS) is 17.5. The predicted molar refractivity (Wildman–Crippen MR) is 129 cm³/mol. The van der Waals surface area contributed by atoms with Crippen LogP contribution < -0.4 is 5.73 Å². The molecular formula is C23H46NO9P. The minimum Gasteiger partial charge on any atom is -0.480 e. The van der Waals surface area contributed by atoms with Gasteiger partial charge in [0.05, 0.1) is 18.6 Å². The van der Waals surface area contributed by atoms with Crippen molar-refractivity contribution in [1.29, 1.82) is 0 Å². The van der Waals surface area contributed by atoms with E-state index in [9.17, 15) is 24.2 Å². The molecule has 0 saturated carbocycles. The Morgan fingerprint density at radius 2 is 1.35 bits per heavy atom. The highest BCUT2D eigenvalue weighted by molar-refractivity contribution is 7.47. The molecule has 5 N–H and O–H groups in total. The zero-order valence-electron chi connectivity index (χ0n) is 24.3. The number of aliphatic hydroxyl groups excluding tert-OH is 1. The summed E-state index contributed by atoms with van der Waals surface area (Å²) in [6.07, 6.45) is 12.7. The molecule has 0 aliphatic heterocycles. The molecule has 3 atom stereocenters. The Labute approximate surface area is 209 Å². The lowest BCUT2D eigenvalue weighted by Crippen LogP contribution is -2.34. The molecule has 11 heteroatoms. The van der Waals surface area contributed by atoms with Crippen LogP contribution in [-0.4, -0.2) is 58.9 Å². The van der Waals surface area contributed by atoms with Crippen LogP contribution in [0.5, 0.6) is 0 Å². The van der Waals surface area contributed by atoms with E-state index in [-0.39, 0.29) is 6.42 Å². The molecule has 0 aliphatic rings. The molecule has 0 amide bonds. The maximum atomic E-state index is 12.0. The van der Waals surface area contributed by atoms with E-state index >= 15 is 0 Å². The van der Waals surface area contributed by atoms with Crippen LogP contribution >= 0.6 is 7.82 Å². The molecule has 34 heavy (non-hydrogen) atoms. The Bertz CT molecular complexity index is 731. The first-order chi connectivity index (χ1) is 17.6. The van der Waals surface area contributed by atoms with Gasteiger partial charge < -0.3 is 25.6 Å². The molecule has 0 spiro atoms. The quantitative estimate of drug-likeness (QED) is 0.0826. The molecule has 0 aliphatic carbocycles. The molecule has 0 rings (SSSR count). The molecule has 1 unspecified atom stereocenters. The molecule has 10 nitrogen and oxygen atoms in total. The number of ether oxygens (including phenoxy) is 1. The van der Waals surface area contributed by atoms with Gasteiger partial charge in [-0.05, 0) is 6.42 Å². The fourth-order valence-corrected chi connectivity index (χ4v) is 3.68. The van der Waals surface area contributed by atoms with E-state index in [0.29, 0.717) is 6.42 Å². The average molecular weight is 516 g/mol. The summed E-state index contributed by atoms with van der Waals surface area (Å²) in [6, 6.07) is -1.71. The zero-order valence-corrected chi connectivity index (χ0v) is 21.2. The van der Waals surface area contributed by atoms with E-state index in [2.05, 4.69) is 20.7 Å². The van der Waals surface area contributed by atoms with Gasteiger partial charge in [0.1, 0.15) is 18.7 Å². The molecule has 0 bridgehead atoms. The number of nitrogens with two attached hydrogens (primary N) is 1. The van der Waals surface area contributed by atoms with Crippen molar-refractivity contribution in [3.05, 3.63) is 0 Å². The number of carbonyl (C=O) groups excluding carboxylic acids is 1. The second-order valence-electron chi connectivity index (χ2n) is 8.26. The fraction of sp³-hybridized carbons (Fsp3) is 0.913. The van der Waals surface area contributed by atoms with Gasteiger partial charge in [-0.15, -0.1) is 0 Å². The lowest BCUT2D eigenvalue weighted by Gasteiger charge is -2.16. The second kappa shape index (κ2) is 21.3. The highest BCUT2D eigenvalue weighted by atomic mass is 31.2. The van der Waals surface area contributed by atoms with Crippen molar-refractivity contribution in [3.8, 4) is 0 Å². The minimum absolute atomic E-state index is 0.150. The Morgan fingerprint density at radius 3 is 1.82 bits per heavy atom. The molecule has 0 heterocycles. The van der Waals surface area contributed by atoms with Gasteiger partial charge in [0.25, 0.3) is 0 Å². The molecule has 202 valence electrons. The molecule has 0 saturated heterocycles. The van der Waals surface area contributed by atoms with Crippen molar-refractivity contribution < 1.29 is 48.5 Å². The summed E-state index contributed by atoms with van der Waals surface area (Å²) in [5.74, 6) is -2.57. The zero-order chi connectivity index (χ0) is 29.2. The van der Waals surface area contributed by atoms with E-state index in [1.807, 2.05) is 0 Å². The van der Waals surface area contributed by atoms with E-state index < -0.39 is 51.6 Å². The molecule has 0 aromatic rings. The number of hydrogen-bond acceptors (Lipinski definition) is 8. The first kappa shape index (κ1) is 26.0. The largest absolute Gasteiger partial charge is 0.480 e. The number of carbonyl (C=O) groups is 2. The number of carboxylic acid groups (broad SMARTS) is 1. The summed E-state index contributed by atoms with van der Waals surface area (Å²) in [6.45, 7) is -5.65. The van der Waals surface area contributed by atoms with E-state index in [1.54, 1.807) is 0 Å². The number of hydrogen-bond donors (Lipinski definition) is 4. The Morgan fingerprint density at radius 1 is 0.882 bits per heavy atom. The lowest BCUT2D eigenvalue weighted by molar-refractivity contribution is -0.147. The van der Waals surface area contributed by atoms with Gasteiger partial charge >= 0.3 is 19.8 Å². The molecule has 0 radical (unpaired) electrons. The van der Waals surface area contributed by atoms with Crippen LogP contribution in [0.15, 0.2) is 0 Å². The summed E-state index contributed by atoms with van der Waals surface area (Å²) in [5.41, 5.74) is 5.11. The lowest BCUT2D eigenvalue weighted by atomic mass is 10.0. The standard InChI is InChI=1S/C23H46NO9P/c1-2-3-4-5-6-7-8-9-10-11-12-13-14-15-16-22(26)31-17-20(25)18-32-34(29,30)33-19-21(24)23(27)28/h20-21,25H,2-19,24H2,1H3,(H,27,28)(H,29,30)/t20-,21+/m1/s1/i17D2,18D2. The van der Waals surface area contributed by atoms with Crippen LogP contribution in [0.25, 0.3) is 0 Å². The highest BCUT2D eigenvalue weighted by Gasteiger charge is 2.26. The van der Waals surface area contributed by atoms with Crippen molar-refractivity contribution in [2.75, 3.05) is 19.7 Å². The number of aliphatic hydroxyl groups is 1. The second-order valence-corrected chi connectivity index (χ2v) is 9.64. The predicted octanol–water partition coefficient (Wildman–Crippen LogP) is 4.31. The van der Waals surface area contributed by atoms with Gasteiger partial charge in [0.15, 0.2) is 0 Å². The van der Waals surface area contributed by atoms with Gasteiger partial charge in [-0.25, -0.2) is 4.57 Å². The van der Waals surface area contributed by atoms with Crippen LogP contribution in [0.3, 0.4) is 0 Å². The number of unbranched alkanes of at least 4 members (excludes halogenated alkanes) is 13. The summed E-state index contributed by atoms with van der Waals surface area (Å²) in [4.78, 5) is 32.2. The fourth-order valence-electron chi connectivity index (χ4n) is 3.05. The third-order valence-corrected chi connectivity index (χ3v) is 5.84. The van der Waals surface area contributed by atoms with Gasteiger partial charge in [0, 0.05) is 6.42 Å². The third-order valence-electron chi connectivity index (χ3n) is 5.03. The summed E-state index contributed by atoms with van der Waals surface area (Å²) in [7, 11) is -5.30. The number of esters is 1. The van der Waals surface area contributed by atoms with E-state index in [1.165, 1.54) is 57.8 Å². The van der Waals surface area contributed by atoms with E-state index in [0.717, 1.165) is 25.7 Å². The van der Waals surface area contributed by atoms with Gasteiger partial charge in [-0.3, -0.25) is 18.6 Å². The molecule has 0 aromatic carbocycles. The maximum absolute atomic E-state index is 12.0. The molecule has 0 fully saturated rings. The van der Waals surface area contributed by atoms with Crippen molar-refractivity contribution in [1.82, 2.24) is 0 Å². The number of rotatable bonds is 24. The number of phosphoric acid groups is 1. The Kier molecular flexibility index (Phi) is 16.3. The first-order valence-corrected chi connectivity index (χ1v) is 13.7. The van der Waals surface area contributed by atoms with Gasteiger partial charge in [-0.1, -0.05) is 90.4 Å². The molecule has 0 aromatic heterocycles. The van der Waals surface area contributed by atoms with Crippen LogP contribution in [0.1, 0.15) is 109 Å². The minimum atomic E-state index is -5.30. The number of phosphoric ester groups is 1.